The average Bonchev–Trinajstić information content (AvgIpc) is 3.34. The number of amides is 2. The zero-order valence-corrected chi connectivity index (χ0v) is 17.9. The minimum Gasteiger partial charge on any atom is -0.457 e. The third kappa shape index (κ3) is 2.59. The highest BCUT2D eigenvalue weighted by atomic mass is 16.5. The Hall–Kier alpha value is -2.88. The molecule has 4 heteroatoms. The summed E-state index contributed by atoms with van der Waals surface area (Å²) in [5, 5.41) is 0. The van der Waals surface area contributed by atoms with Gasteiger partial charge in [0.1, 0.15) is 11.5 Å². The first-order chi connectivity index (χ1) is 14.3. The normalized spacial score (nSPS) is 29.2. The van der Waals surface area contributed by atoms with E-state index in [2.05, 4.69) is 38.1 Å². The monoisotopic (exact) mass is 401 g/mol. The van der Waals surface area contributed by atoms with E-state index in [9.17, 15) is 9.59 Å². The summed E-state index contributed by atoms with van der Waals surface area (Å²) in [4.78, 5) is 27.8. The Morgan fingerprint density at radius 2 is 1.80 bits per heavy atom. The van der Waals surface area contributed by atoms with Crippen molar-refractivity contribution in [3.8, 4) is 11.5 Å². The number of anilines is 1. The zero-order valence-electron chi connectivity index (χ0n) is 17.9. The van der Waals surface area contributed by atoms with Crippen LogP contribution in [-0.4, -0.2) is 11.8 Å². The molecule has 0 unspecified atom stereocenters. The minimum atomic E-state index is -0.598. The summed E-state index contributed by atoms with van der Waals surface area (Å²) >= 11 is 0. The van der Waals surface area contributed by atoms with Gasteiger partial charge in [-0.05, 0) is 79.5 Å². The second-order valence-electron chi connectivity index (χ2n) is 9.42. The lowest BCUT2D eigenvalue weighted by Crippen LogP contribution is -2.37. The van der Waals surface area contributed by atoms with Crippen LogP contribution in [0.1, 0.15) is 44.2 Å². The van der Waals surface area contributed by atoms with E-state index in [0.717, 1.165) is 23.3 Å². The summed E-state index contributed by atoms with van der Waals surface area (Å²) in [6.45, 7) is 8.30. The topological polar surface area (TPSA) is 46.6 Å². The fourth-order valence-electron chi connectivity index (χ4n) is 5.55. The number of hydrogen-bond donors (Lipinski definition) is 0. The summed E-state index contributed by atoms with van der Waals surface area (Å²) in [6.07, 6.45) is 5.17. The Balaban J connectivity index is 1.41. The van der Waals surface area contributed by atoms with Gasteiger partial charge in [-0.2, -0.15) is 0 Å². The molecule has 0 radical (unpaired) electrons. The lowest BCUT2D eigenvalue weighted by atomic mass is 9.71. The molecule has 2 aliphatic carbocycles. The molecule has 1 aliphatic heterocycles. The van der Waals surface area contributed by atoms with Gasteiger partial charge in [0.2, 0.25) is 11.8 Å². The largest absolute Gasteiger partial charge is 0.457 e. The van der Waals surface area contributed by atoms with Crippen molar-refractivity contribution in [2.75, 3.05) is 4.90 Å². The predicted octanol–water partition coefficient (Wildman–Crippen LogP) is 5.61. The van der Waals surface area contributed by atoms with E-state index in [0.29, 0.717) is 17.4 Å². The van der Waals surface area contributed by atoms with Gasteiger partial charge in [-0.15, -0.1) is 0 Å². The van der Waals surface area contributed by atoms with Gasteiger partial charge in [0.05, 0.1) is 17.0 Å². The number of ether oxygens (including phenoxy) is 1. The molecule has 2 aromatic rings. The Morgan fingerprint density at radius 1 is 1.07 bits per heavy atom. The van der Waals surface area contributed by atoms with E-state index < -0.39 is 5.41 Å². The molecule has 1 saturated heterocycles. The maximum absolute atomic E-state index is 13.3. The molecule has 1 heterocycles. The van der Waals surface area contributed by atoms with E-state index in [4.69, 9.17) is 4.74 Å². The van der Waals surface area contributed by atoms with Crippen LogP contribution in [0.4, 0.5) is 5.69 Å². The van der Waals surface area contributed by atoms with Crippen LogP contribution in [0.3, 0.4) is 0 Å². The number of aryl methyl sites for hydroxylation is 1. The molecule has 0 aromatic heterocycles. The van der Waals surface area contributed by atoms with Gasteiger partial charge >= 0.3 is 0 Å². The summed E-state index contributed by atoms with van der Waals surface area (Å²) < 4.78 is 6.16. The first kappa shape index (κ1) is 19.1. The van der Waals surface area contributed by atoms with Crippen LogP contribution in [0.25, 0.3) is 0 Å². The molecular formula is C26H27NO3. The highest BCUT2D eigenvalue weighted by Gasteiger charge is 2.67. The van der Waals surface area contributed by atoms with Crippen LogP contribution in [0.15, 0.2) is 54.6 Å². The number of fused-ring (bicyclic) bond motifs is 5. The number of benzene rings is 2. The number of nitrogens with zero attached hydrogens (tertiary/aromatic N) is 1. The Labute approximate surface area is 177 Å². The molecule has 0 N–H and O–H groups in total. The summed E-state index contributed by atoms with van der Waals surface area (Å²) in [5.41, 5.74) is 2.32. The average molecular weight is 402 g/mol. The summed E-state index contributed by atoms with van der Waals surface area (Å²) in [5.74, 6) is 1.90. The first-order valence-electron chi connectivity index (χ1n) is 10.8. The Bertz CT molecular complexity index is 1070. The molecule has 2 fully saturated rings. The number of imide groups is 1. The lowest BCUT2D eigenvalue weighted by Gasteiger charge is -2.28. The van der Waals surface area contributed by atoms with Gasteiger partial charge in [-0.25, -0.2) is 4.90 Å². The molecule has 4 atom stereocenters. The SMILES string of the molecule is Cc1ccc(C(C)C)c(Oc2ccc(N3C(=O)[C@H]4[C@@H]5C=C[C@@H](C5)[C@]4(C)C3=O)cc2)c1. The van der Waals surface area contributed by atoms with Crippen molar-refractivity contribution in [1.82, 2.24) is 0 Å². The Kier molecular flexibility index (Phi) is 4.18. The van der Waals surface area contributed by atoms with Gasteiger partial charge in [-0.3, -0.25) is 9.59 Å². The third-order valence-electron chi connectivity index (χ3n) is 7.23. The maximum Gasteiger partial charge on any atom is 0.241 e. The molecule has 5 rings (SSSR count). The van der Waals surface area contributed by atoms with Crippen LogP contribution >= 0.6 is 0 Å². The van der Waals surface area contributed by atoms with Crippen molar-refractivity contribution in [2.24, 2.45) is 23.2 Å². The van der Waals surface area contributed by atoms with Crippen LogP contribution < -0.4 is 9.64 Å². The second-order valence-corrected chi connectivity index (χ2v) is 9.42. The van der Waals surface area contributed by atoms with Crippen LogP contribution in [0.5, 0.6) is 11.5 Å². The number of carbonyl (C=O) groups excluding carboxylic acids is 2. The van der Waals surface area contributed by atoms with Crippen LogP contribution in [0, 0.1) is 30.1 Å². The maximum atomic E-state index is 13.3. The van der Waals surface area contributed by atoms with Crippen LogP contribution in [0.2, 0.25) is 0 Å². The molecule has 154 valence electrons. The zero-order chi connectivity index (χ0) is 21.2. The first-order valence-corrected chi connectivity index (χ1v) is 10.8. The fraction of sp³-hybridized carbons (Fsp3) is 0.385. The molecule has 30 heavy (non-hydrogen) atoms. The summed E-state index contributed by atoms with van der Waals surface area (Å²) in [7, 11) is 0. The van der Waals surface area contributed by atoms with E-state index >= 15 is 0 Å². The van der Waals surface area contributed by atoms with Gasteiger partial charge < -0.3 is 4.74 Å². The summed E-state index contributed by atoms with van der Waals surface area (Å²) in [6, 6.07) is 13.5. The predicted molar refractivity (Wildman–Crippen MR) is 117 cm³/mol. The highest BCUT2D eigenvalue weighted by Crippen LogP contribution is 2.60. The van der Waals surface area contributed by atoms with Gasteiger partial charge in [0, 0.05) is 0 Å². The number of rotatable bonds is 4. The number of hydrogen-bond acceptors (Lipinski definition) is 3. The third-order valence-corrected chi connectivity index (χ3v) is 7.23. The van der Waals surface area contributed by atoms with E-state index in [1.165, 1.54) is 4.90 Å². The molecule has 3 aliphatic rings. The molecule has 0 spiro atoms. The van der Waals surface area contributed by atoms with Crippen molar-refractivity contribution in [3.05, 3.63) is 65.7 Å². The van der Waals surface area contributed by atoms with Gasteiger partial charge in [-0.1, -0.05) is 38.1 Å². The Morgan fingerprint density at radius 3 is 2.47 bits per heavy atom. The smallest absolute Gasteiger partial charge is 0.241 e. The molecule has 1 saturated carbocycles. The molecule has 2 bridgehead atoms. The highest BCUT2D eigenvalue weighted by molar-refractivity contribution is 6.24. The minimum absolute atomic E-state index is 0.0613. The molecule has 2 amide bonds. The van der Waals surface area contributed by atoms with E-state index in [1.54, 1.807) is 0 Å². The van der Waals surface area contributed by atoms with Crippen LogP contribution in [-0.2, 0) is 9.59 Å². The van der Waals surface area contributed by atoms with Crippen molar-refractivity contribution in [2.45, 2.75) is 40.0 Å². The second kappa shape index (κ2) is 6.56. The van der Waals surface area contributed by atoms with Gasteiger partial charge in [0.25, 0.3) is 0 Å². The van der Waals surface area contributed by atoms with Gasteiger partial charge in [0.15, 0.2) is 0 Å². The number of carbonyl (C=O) groups is 2. The van der Waals surface area contributed by atoms with E-state index in [-0.39, 0.29) is 29.6 Å². The van der Waals surface area contributed by atoms with Crippen molar-refractivity contribution in [3.63, 3.8) is 0 Å². The fourth-order valence-corrected chi connectivity index (χ4v) is 5.55. The van der Waals surface area contributed by atoms with Crippen molar-refractivity contribution >= 4 is 17.5 Å². The van der Waals surface area contributed by atoms with E-state index in [1.807, 2.05) is 44.2 Å². The van der Waals surface area contributed by atoms with Crippen molar-refractivity contribution in [1.29, 1.82) is 0 Å². The molecule has 4 nitrogen and oxygen atoms in total. The number of allylic oxidation sites excluding steroid dienone is 2. The van der Waals surface area contributed by atoms with Crippen molar-refractivity contribution < 1.29 is 14.3 Å². The quantitative estimate of drug-likeness (QED) is 0.494. The molecular weight excluding hydrogens is 374 g/mol. The standard InChI is InChI=1S/C26H27NO3/c1-15(2)21-12-5-16(3)13-22(21)30-20-10-8-19(9-11-20)27-24(28)23-17-6-7-18(14-17)26(23,4)25(27)29/h5-13,15,17-18,23H,14H2,1-4H3/t17-,18+,23-,26+/m1/s1. The molecule has 2 aromatic carbocycles. The lowest BCUT2D eigenvalue weighted by molar-refractivity contribution is -0.127.